The van der Waals surface area contributed by atoms with Crippen LogP contribution >= 0.6 is 11.8 Å². The van der Waals surface area contributed by atoms with Crippen LogP contribution in [0.3, 0.4) is 0 Å². The van der Waals surface area contributed by atoms with E-state index in [1.54, 1.807) is 6.08 Å². The number of benzene rings is 2. The van der Waals surface area contributed by atoms with Crippen molar-refractivity contribution < 1.29 is 4.79 Å². The highest BCUT2D eigenvalue weighted by molar-refractivity contribution is 7.99. The molecule has 0 radical (unpaired) electrons. The number of hydrogen-bond acceptors (Lipinski definition) is 2. The standard InChI is InChI=1S/C32H46OS/c1-4-7-8-9-10-11-12-13-14-15-16-25-34-31-22-17-27(18-23-31)19-24-32(33)30-21-20-28(5-2)29(6-3)26-30/h17-24,26H,4-16,25H2,1-3H3. The minimum Gasteiger partial charge on any atom is -0.289 e. The predicted molar refractivity (Wildman–Crippen MR) is 152 cm³/mol. The van der Waals surface area contributed by atoms with Crippen LogP contribution in [-0.4, -0.2) is 11.5 Å². The molecule has 0 saturated heterocycles. The summed E-state index contributed by atoms with van der Waals surface area (Å²) in [6.07, 6.45) is 20.9. The first-order valence-corrected chi connectivity index (χ1v) is 14.7. The maximum atomic E-state index is 12.6. The fourth-order valence-electron chi connectivity index (χ4n) is 4.35. The van der Waals surface area contributed by atoms with Crippen LogP contribution in [0.4, 0.5) is 0 Å². The monoisotopic (exact) mass is 478 g/mol. The van der Waals surface area contributed by atoms with Crippen molar-refractivity contribution >= 4 is 23.6 Å². The lowest BCUT2D eigenvalue weighted by molar-refractivity contribution is 0.104. The quantitative estimate of drug-likeness (QED) is 0.0917. The maximum Gasteiger partial charge on any atom is 0.185 e. The summed E-state index contributed by atoms with van der Waals surface area (Å²) in [5.74, 6) is 1.27. The van der Waals surface area contributed by atoms with E-state index in [4.69, 9.17) is 0 Å². The summed E-state index contributed by atoms with van der Waals surface area (Å²) in [6.45, 7) is 6.59. The fraction of sp³-hybridized carbons (Fsp3) is 0.531. The zero-order chi connectivity index (χ0) is 24.4. The van der Waals surface area contributed by atoms with Gasteiger partial charge < -0.3 is 0 Å². The molecular formula is C32H46OS. The number of unbranched alkanes of at least 4 members (excludes halogenated alkanes) is 10. The molecule has 0 atom stereocenters. The molecule has 2 rings (SSSR count). The van der Waals surface area contributed by atoms with Gasteiger partial charge in [-0.3, -0.25) is 4.79 Å². The first-order chi connectivity index (χ1) is 16.7. The largest absolute Gasteiger partial charge is 0.289 e. The summed E-state index contributed by atoms with van der Waals surface area (Å²) in [5.41, 5.74) is 4.47. The predicted octanol–water partition coefficient (Wildman–Crippen LogP) is 10.1. The molecule has 0 aliphatic carbocycles. The van der Waals surface area contributed by atoms with E-state index in [2.05, 4.69) is 57.2 Å². The van der Waals surface area contributed by atoms with Gasteiger partial charge in [-0.2, -0.15) is 0 Å². The van der Waals surface area contributed by atoms with E-state index in [1.807, 2.05) is 23.9 Å². The summed E-state index contributed by atoms with van der Waals surface area (Å²) < 4.78 is 0. The zero-order valence-corrected chi connectivity index (χ0v) is 22.7. The third-order valence-electron chi connectivity index (χ3n) is 6.58. The molecule has 0 bridgehead atoms. The van der Waals surface area contributed by atoms with Gasteiger partial charge in [-0.15, -0.1) is 11.8 Å². The van der Waals surface area contributed by atoms with Crippen LogP contribution in [0.1, 0.15) is 118 Å². The van der Waals surface area contributed by atoms with Crippen LogP contribution in [0, 0.1) is 0 Å². The molecule has 0 N–H and O–H groups in total. The molecule has 0 aromatic heterocycles. The summed E-state index contributed by atoms with van der Waals surface area (Å²) in [7, 11) is 0. The average molecular weight is 479 g/mol. The minimum atomic E-state index is 0.0762. The second-order valence-electron chi connectivity index (χ2n) is 9.34. The molecule has 0 fully saturated rings. The molecule has 0 unspecified atom stereocenters. The second kappa shape index (κ2) is 17.6. The van der Waals surface area contributed by atoms with Crippen molar-refractivity contribution in [3.8, 4) is 0 Å². The Kier molecular flexibility index (Phi) is 14.7. The Bertz CT molecular complexity index is 850. The SMILES string of the molecule is CCCCCCCCCCCCCSc1ccc(C=CC(=O)c2ccc(CC)c(CC)c2)cc1. The minimum absolute atomic E-state index is 0.0762. The van der Waals surface area contributed by atoms with Gasteiger partial charge >= 0.3 is 0 Å². The van der Waals surface area contributed by atoms with Crippen molar-refractivity contribution in [1.29, 1.82) is 0 Å². The molecule has 186 valence electrons. The lowest BCUT2D eigenvalue weighted by Crippen LogP contribution is -1.99. The van der Waals surface area contributed by atoms with E-state index in [0.717, 1.165) is 24.0 Å². The smallest absolute Gasteiger partial charge is 0.185 e. The summed E-state index contributed by atoms with van der Waals surface area (Å²) in [4.78, 5) is 13.9. The third-order valence-corrected chi connectivity index (χ3v) is 7.67. The molecule has 0 saturated carbocycles. The maximum absolute atomic E-state index is 12.6. The van der Waals surface area contributed by atoms with Crippen molar-refractivity contribution in [2.24, 2.45) is 0 Å². The number of carbonyl (C=O) groups is 1. The molecular weight excluding hydrogens is 432 g/mol. The summed E-state index contributed by atoms with van der Waals surface area (Å²) in [6, 6.07) is 14.7. The van der Waals surface area contributed by atoms with E-state index in [1.165, 1.54) is 92.4 Å². The lowest BCUT2D eigenvalue weighted by Gasteiger charge is -2.07. The number of aryl methyl sites for hydroxylation is 2. The molecule has 0 spiro atoms. The fourth-order valence-corrected chi connectivity index (χ4v) is 5.27. The Hall–Kier alpha value is -1.80. The van der Waals surface area contributed by atoms with Gasteiger partial charge in [0, 0.05) is 10.5 Å². The molecule has 0 aliphatic rings. The van der Waals surface area contributed by atoms with Crippen molar-refractivity contribution in [1.82, 2.24) is 0 Å². The second-order valence-corrected chi connectivity index (χ2v) is 10.5. The van der Waals surface area contributed by atoms with Crippen LogP contribution in [0.5, 0.6) is 0 Å². The van der Waals surface area contributed by atoms with Crippen LogP contribution in [0.2, 0.25) is 0 Å². The number of carbonyl (C=O) groups excluding carboxylic acids is 1. The third kappa shape index (κ3) is 11.1. The highest BCUT2D eigenvalue weighted by Crippen LogP contribution is 2.21. The van der Waals surface area contributed by atoms with E-state index < -0.39 is 0 Å². The topological polar surface area (TPSA) is 17.1 Å². The van der Waals surface area contributed by atoms with Crippen molar-refractivity contribution in [2.75, 3.05) is 5.75 Å². The molecule has 2 aromatic rings. The van der Waals surface area contributed by atoms with Gasteiger partial charge in [-0.05, 0) is 66.0 Å². The number of thioether (sulfide) groups is 1. The Morgan fingerprint density at radius 1 is 0.706 bits per heavy atom. The molecule has 0 aliphatic heterocycles. The van der Waals surface area contributed by atoms with Crippen LogP contribution < -0.4 is 0 Å². The van der Waals surface area contributed by atoms with Crippen LogP contribution in [-0.2, 0) is 12.8 Å². The van der Waals surface area contributed by atoms with Gasteiger partial charge in [0.05, 0.1) is 0 Å². The highest BCUT2D eigenvalue weighted by atomic mass is 32.2. The first-order valence-electron chi connectivity index (χ1n) is 13.7. The Morgan fingerprint density at radius 3 is 1.88 bits per heavy atom. The molecule has 0 heterocycles. The van der Waals surface area contributed by atoms with E-state index >= 15 is 0 Å². The number of allylic oxidation sites excluding steroid dienone is 1. The van der Waals surface area contributed by atoms with Gasteiger partial charge in [0.25, 0.3) is 0 Å². The molecule has 2 aromatic carbocycles. The Morgan fingerprint density at radius 2 is 1.29 bits per heavy atom. The Balaban J connectivity index is 1.63. The first kappa shape index (κ1) is 28.4. The lowest BCUT2D eigenvalue weighted by atomic mass is 9.98. The van der Waals surface area contributed by atoms with Gasteiger partial charge in [0.1, 0.15) is 0 Å². The van der Waals surface area contributed by atoms with Crippen molar-refractivity contribution in [3.05, 3.63) is 70.8 Å². The molecule has 34 heavy (non-hydrogen) atoms. The van der Waals surface area contributed by atoms with E-state index in [0.29, 0.717) is 0 Å². The van der Waals surface area contributed by atoms with Gasteiger partial charge in [0.2, 0.25) is 0 Å². The highest BCUT2D eigenvalue weighted by Gasteiger charge is 2.06. The number of rotatable bonds is 18. The van der Waals surface area contributed by atoms with Crippen molar-refractivity contribution in [2.45, 2.75) is 109 Å². The zero-order valence-electron chi connectivity index (χ0n) is 21.9. The van der Waals surface area contributed by atoms with E-state index in [9.17, 15) is 4.79 Å². The average Bonchev–Trinajstić information content (AvgIpc) is 2.88. The van der Waals surface area contributed by atoms with Crippen LogP contribution in [0.15, 0.2) is 53.4 Å². The van der Waals surface area contributed by atoms with Gasteiger partial charge in [-0.25, -0.2) is 0 Å². The number of hydrogen-bond donors (Lipinski definition) is 0. The summed E-state index contributed by atoms with van der Waals surface area (Å²) in [5, 5.41) is 0. The Labute approximate surface area is 213 Å². The molecule has 1 nitrogen and oxygen atoms in total. The summed E-state index contributed by atoms with van der Waals surface area (Å²) >= 11 is 1.95. The molecule has 0 amide bonds. The normalized spacial score (nSPS) is 11.4. The van der Waals surface area contributed by atoms with Crippen molar-refractivity contribution in [3.63, 3.8) is 0 Å². The van der Waals surface area contributed by atoms with E-state index in [-0.39, 0.29) is 5.78 Å². The van der Waals surface area contributed by atoms with Gasteiger partial charge in [0.15, 0.2) is 5.78 Å². The van der Waals surface area contributed by atoms with Gasteiger partial charge in [-0.1, -0.05) is 115 Å². The van der Waals surface area contributed by atoms with Crippen LogP contribution in [0.25, 0.3) is 6.08 Å². The molecule has 2 heteroatoms. The number of ketones is 1.